The van der Waals surface area contributed by atoms with Crippen molar-refractivity contribution < 1.29 is 19.4 Å². The molecule has 0 aliphatic heterocycles. The smallest absolute Gasteiger partial charge is 0.326 e. The van der Waals surface area contributed by atoms with E-state index in [0.717, 1.165) is 5.56 Å². The van der Waals surface area contributed by atoms with Crippen LogP contribution in [0.15, 0.2) is 30.5 Å². The van der Waals surface area contributed by atoms with Gasteiger partial charge in [0.05, 0.1) is 24.6 Å². The van der Waals surface area contributed by atoms with Crippen molar-refractivity contribution in [3.05, 3.63) is 36.0 Å². The molecule has 2 rings (SSSR count). The highest BCUT2D eigenvalue weighted by Crippen LogP contribution is 2.23. The van der Waals surface area contributed by atoms with Crippen LogP contribution in [0, 0.1) is 5.92 Å². The molecule has 1 heterocycles. The molecule has 0 aliphatic carbocycles. The summed E-state index contributed by atoms with van der Waals surface area (Å²) in [6.45, 7) is 3.81. The summed E-state index contributed by atoms with van der Waals surface area (Å²) in [4.78, 5) is 23.8. The summed E-state index contributed by atoms with van der Waals surface area (Å²) in [6.07, 6.45) is 1.75. The van der Waals surface area contributed by atoms with Crippen molar-refractivity contribution in [2.45, 2.75) is 26.3 Å². The van der Waals surface area contributed by atoms with E-state index in [1.165, 1.54) is 6.20 Å². The fourth-order valence-corrected chi connectivity index (χ4v) is 2.36. The van der Waals surface area contributed by atoms with Gasteiger partial charge in [0.25, 0.3) is 5.91 Å². The second kappa shape index (κ2) is 7.63. The number of H-pyrrole nitrogens is 1. The van der Waals surface area contributed by atoms with Crippen molar-refractivity contribution in [3.8, 4) is 17.0 Å². The zero-order chi connectivity index (χ0) is 17.7. The Labute approximate surface area is 140 Å². The van der Waals surface area contributed by atoms with Crippen molar-refractivity contribution >= 4 is 11.9 Å². The molecule has 1 amide bonds. The quantitative estimate of drug-likeness (QED) is 0.722. The first kappa shape index (κ1) is 17.5. The lowest BCUT2D eigenvalue weighted by molar-refractivity contribution is -0.139. The van der Waals surface area contributed by atoms with Crippen LogP contribution < -0.4 is 10.1 Å². The molecule has 1 aromatic carbocycles. The minimum absolute atomic E-state index is 0.150. The van der Waals surface area contributed by atoms with Gasteiger partial charge in [0.15, 0.2) is 0 Å². The standard InChI is InChI=1S/C17H21N3O4/c1-10(2)8-14(17(22)23)19-16(21)13-9-18-20-15(13)11-4-6-12(24-3)7-5-11/h4-7,9-10,14H,8H2,1-3H3,(H,18,20)(H,19,21)(H,22,23)/t14-/m1/s1. The zero-order valence-electron chi connectivity index (χ0n) is 13.9. The molecule has 0 bridgehead atoms. The highest BCUT2D eigenvalue weighted by atomic mass is 16.5. The highest BCUT2D eigenvalue weighted by molar-refractivity contribution is 6.01. The number of rotatable bonds is 7. The number of carbonyl (C=O) groups excluding carboxylic acids is 1. The average Bonchev–Trinajstić information content (AvgIpc) is 3.03. The molecule has 1 atom stereocenters. The van der Waals surface area contributed by atoms with Crippen LogP contribution >= 0.6 is 0 Å². The van der Waals surface area contributed by atoms with Gasteiger partial charge in [0.2, 0.25) is 0 Å². The molecule has 0 unspecified atom stereocenters. The van der Waals surface area contributed by atoms with E-state index >= 15 is 0 Å². The van der Waals surface area contributed by atoms with Crippen LogP contribution in [0.4, 0.5) is 0 Å². The van der Waals surface area contributed by atoms with Gasteiger partial charge in [0.1, 0.15) is 11.8 Å². The SMILES string of the molecule is COc1ccc(-c2[nH]ncc2C(=O)N[C@H](CC(C)C)C(=O)O)cc1. The summed E-state index contributed by atoms with van der Waals surface area (Å²) in [6, 6.07) is 6.21. The molecule has 3 N–H and O–H groups in total. The summed E-state index contributed by atoms with van der Waals surface area (Å²) >= 11 is 0. The number of nitrogens with one attached hydrogen (secondary N) is 2. The molecule has 24 heavy (non-hydrogen) atoms. The summed E-state index contributed by atoms with van der Waals surface area (Å²) in [5, 5.41) is 18.5. The number of methoxy groups -OCH3 is 1. The van der Waals surface area contributed by atoms with Crippen LogP contribution in [-0.4, -0.2) is 40.3 Å². The maximum Gasteiger partial charge on any atom is 0.326 e. The van der Waals surface area contributed by atoms with Crippen LogP contribution in [0.5, 0.6) is 5.75 Å². The molecular formula is C17H21N3O4. The number of hydrogen-bond donors (Lipinski definition) is 3. The van der Waals surface area contributed by atoms with Crippen molar-refractivity contribution in [2.75, 3.05) is 7.11 Å². The number of benzene rings is 1. The lowest BCUT2D eigenvalue weighted by Crippen LogP contribution is -2.41. The Kier molecular flexibility index (Phi) is 5.57. The molecule has 0 saturated heterocycles. The molecule has 0 saturated carbocycles. The van der Waals surface area contributed by atoms with Gasteiger partial charge in [0, 0.05) is 5.56 Å². The maximum absolute atomic E-state index is 12.5. The Balaban J connectivity index is 2.21. The zero-order valence-corrected chi connectivity index (χ0v) is 13.9. The summed E-state index contributed by atoms with van der Waals surface area (Å²) in [5.74, 6) is -0.668. The lowest BCUT2D eigenvalue weighted by atomic mass is 10.0. The number of hydrogen-bond acceptors (Lipinski definition) is 4. The Morgan fingerprint density at radius 2 is 1.96 bits per heavy atom. The van der Waals surface area contributed by atoms with Gasteiger partial charge >= 0.3 is 5.97 Å². The number of ether oxygens (including phenoxy) is 1. The van der Waals surface area contributed by atoms with Crippen molar-refractivity contribution in [1.82, 2.24) is 15.5 Å². The molecule has 128 valence electrons. The van der Waals surface area contributed by atoms with Gasteiger partial charge in [-0.15, -0.1) is 0 Å². The lowest BCUT2D eigenvalue weighted by Gasteiger charge is -2.16. The summed E-state index contributed by atoms with van der Waals surface area (Å²) in [5.41, 5.74) is 1.59. The first-order chi connectivity index (χ1) is 11.4. The normalized spacial score (nSPS) is 12.0. The van der Waals surface area contributed by atoms with Gasteiger partial charge in [-0.25, -0.2) is 4.79 Å². The molecule has 0 fully saturated rings. The fraction of sp³-hybridized carbons (Fsp3) is 0.353. The number of carboxylic acid groups (broad SMARTS) is 1. The molecular weight excluding hydrogens is 310 g/mol. The monoisotopic (exact) mass is 331 g/mol. The Morgan fingerprint density at radius 3 is 2.50 bits per heavy atom. The van der Waals surface area contributed by atoms with Crippen LogP contribution in [0.2, 0.25) is 0 Å². The van der Waals surface area contributed by atoms with E-state index < -0.39 is 17.9 Å². The molecule has 2 aromatic rings. The van der Waals surface area contributed by atoms with Crippen LogP contribution in [0.1, 0.15) is 30.6 Å². The first-order valence-electron chi connectivity index (χ1n) is 7.63. The van der Waals surface area contributed by atoms with E-state index in [4.69, 9.17) is 4.74 Å². The number of aliphatic carboxylic acids is 1. The highest BCUT2D eigenvalue weighted by Gasteiger charge is 2.24. The minimum atomic E-state index is -1.05. The Morgan fingerprint density at radius 1 is 1.29 bits per heavy atom. The van der Waals surface area contributed by atoms with Crippen LogP contribution in [0.25, 0.3) is 11.3 Å². The van der Waals surface area contributed by atoms with Gasteiger partial charge in [-0.3, -0.25) is 9.89 Å². The van der Waals surface area contributed by atoms with Gasteiger partial charge < -0.3 is 15.2 Å². The predicted octanol–water partition coefficient (Wildman–Crippen LogP) is 2.31. The van der Waals surface area contributed by atoms with E-state index in [1.807, 2.05) is 13.8 Å². The van der Waals surface area contributed by atoms with Crippen molar-refractivity contribution in [3.63, 3.8) is 0 Å². The Hall–Kier alpha value is -2.83. The number of carboxylic acids is 1. The third-order valence-electron chi connectivity index (χ3n) is 3.57. The minimum Gasteiger partial charge on any atom is -0.497 e. The third-order valence-corrected chi connectivity index (χ3v) is 3.57. The van der Waals surface area contributed by atoms with E-state index in [0.29, 0.717) is 23.4 Å². The van der Waals surface area contributed by atoms with Crippen LogP contribution in [-0.2, 0) is 4.79 Å². The number of aromatic amines is 1. The van der Waals surface area contributed by atoms with E-state index in [1.54, 1.807) is 31.4 Å². The van der Waals surface area contributed by atoms with Gasteiger partial charge in [-0.1, -0.05) is 13.8 Å². The Bertz CT molecular complexity index is 707. The van der Waals surface area contributed by atoms with Crippen molar-refractivity contribution in [1.29, 1.82) is 0 Å². The second-order valence-corrected chi connectivity index (χ2v) is 5.88. The van der Waals surface area contributed by atoms with Gasteiger partial charge in [-0.2, -0.15) is 5.10 Å². The molecule has 1 aromatic heterocycles. The number of nitrogens with zero attached hydrogens (tertiary/aromatic N) is 1. The molecule has 7 heteroatoms. The first-order valence-corrected chi connectivity index (χ1v) is 7.63. The van der Waals surface area contributed by atoms with Crippen LogP contribution in [0.3, 0.4) is 0 Å². The second-order valence-electron chi connectivity index (χ2n) is 5.88. The molecule has 0 radical (unpaired) electrons. The van der Waals surface area contributed by atoms with Gasteiger partial charge in [-0.05, 0) is 36.6 Å². The number of carbonyl (C=O) groups is 2. The largest absolute Gasteiger partial charge is 0.497 e. The summed E-state index contributed by atoms with van der Waals surface area (Å²) < 4.78 is 5.11. The van der Waals surface area contributed by atoms with E-state index in [9.17, 15) is 14.7 Å². The number of amides is 1. The average molecular weight is 331 g/mol. The molecule has 0 spiro atoms. The van der Waals surface area contributed by atoms with E-state index in [-0.39, 0.29) is 5.92 Å². The molecule has 0 aliphatic rings. The third kappa shape index (κ3) is 4.13. The molecule has 7 nitrogen and oxygen atoms in total. The summed E-state index contributed by atoms with van der Waals surface area (Å²) in [7, 11) is 1.57. The topological polar surface area (TPSA) is 104 Å². The number of aromatic nitrogens is 2. The van der Waals surface area contributed by atoms with E-state index in [2.05, 4.69) is 15.5 Å². The van der Waals surface area contributed by atoms with Crippen molar-refractivity contribution in [2.24, 2.45) is 5.92 Å². The fourth-order valence-electron chi connectivity index (χ4n) is 2.36. The predicted molar refractivity (Wildman–Crippen MR) is 88.9 cm³/mol. The maximum atomic E-state index is 12.5.